The van der Waals surface area contributed by atoms with Crippen molar-refractivity contribution in [2.24, 2.45) is 0 Å². The molecule has 18 heteroatoms. The van der Waals surface area contributed by atoms with Crippen LogP contribution in [0, 0.1) is 20.2 Å². The van der Waals surface area contributed by atoms with E-state index >= 15 is 0 Å². The number of methoxy groups -OCH3 is 2. The number of rotatable bonds is 20. The lowest BCUT2D eigenvalue weighted by molar-refractivity contribution is -0.385. The minimum Gasteiger partial charge on any atom is -0.496 e. The van der Waals surface area contributed by atoms with Gasteiger partial charge in [-0.15, -0.1) is 0 Å². The molecule has 0 spiro atoms. The van der Waals surface area contributed by atoms with E-state index < -0.39 is 29.9 Å². The van der Waals surface area contributed by atoms with Gasteiger partial charge in [-0.2, -0.15) is 0 Å². The first-order valence-electron chi connectivity index (χ1n) is 18.0. The maximum absolute atomic E-state index is 13.3. The van der Waals surface area contributed by atoms with Crippen LogP contribution in [0.25, 0.3) is 0 Å². The maximum Gasteiger partial charge on any atom is 0.269 e. The molecule has 1 fully saturated rings. The fourth-order valence-corrected chi connectivity index (χ4v) is 9.12. The van der Waals surface area contributed by atoms with Crippen LogP contribution < -0.4 is 18.9 Å². The maximum atomic E-state index is 13.3. The van der Waals surface area contributed by atoms with E-state index in [1.807, 2.05) is 48.5 Å². The van der Waals surface area contributed by atoms with Gasteiger partial charge in [0, 0.05) is 86.7 Å². The molecule has 0 saturated heterocycles. The van der Waals surface area contributed by atoms with E-state index in [9.17, 15) is 37.1 Å². The predicted molar refractivity (Wildman–Crippen MR) is 209 cm³/mol. The summed E-state index contributed by atoms with van der Waals surface area (Å²) in [6.07, 6.45) is 3.42. The van der Waals surface area contributed by atoms with Gasteiger partial charge in [0.15, 0.2) is 0 Å². The molecular weight excluding hydrogens is 765 g/mol. The normalized spacial score (nSPS) is 16.1. The summed E-state index contributed by atoms with van der Waals surface area (Å²) in [5, 5.41) is 22.2. The highest BCUT2D eigenvalue weighted by Crippen LogP contribution is 2.32. The van der Waals surface area contributed by atoms with Crippen LogP contribution >= 0.6 is 0 Å². The number of non-ortho nitro benzene ring substituents is 2. The van der Waals surface area contributed by atoms with Crippen molar-refractivity contribution in [3.05, 3.63) is 128 Å². The molecule has 0 amide bonds. The Morgan fingerprint density at radius 3 is 1.30 bits per heavy atom. The van der Waals surface area contributed by atoms with Crippen molar-refractivity contribution < 1.29 is 36.2 Å². The van der Waals surface area contributed by atoms with Gasteiger partial charge >= 0.3 is 0 Å². The molecule has 0 aromatic heterocycles. The van der Waals surface area contributed by atoms with Gasteiger partial charge in [-0.25, -0.2) is 26.3 Å². The highest BCUT2D eigenvalue weighted by atomic mass is 32.2. The van der Waals surface area contributed by atoms with Crippen molar-refractivity contribution >= 4 is 31.4 Å². The molecule has 1 aliphatic carbocycles. The zero-order valence-electron chi connectivity index (χ0n) is 31.2. The average molecular weight is 811 g/mol. The average Bonchev–Trinajstić information content (AvgIpc) is 3.20. The van der Waals surface area contributed by atoms with Crippen LogP contribution in [0.3, 0.4) is 0 Å². The molecule has 0 bridgehead atoms. The number of nitrogens with zero attached hydrogens (tertiary/aromatic N) is 4. The fraction of sp³-hybridized carbons (Fsp3) is 0.368. The second kappa shape index (κ2) is 19.2. The van der Waals surface area contributed by atoms with Crippen LogP contribution in [0.1, 0.15) is 36.8 Å². The molecule has 300 valence electrons. The van der Waals surface area contributed by atoms with Gasteiger partial charge in [0.25, 0.3) is 11.4 Å². The van der Waals surface area contributed by atoms with E-state index in [4.69, 9.17) is 9.47 Å². The van der Waals surface area contributed by atoms with Crippen molar-refractivity contribution in [3.63, 3.8) is 0 Å². The molecule has 0 aliphatic heterocycles. The number of hydrogen-bond acceptors (Lipinski definition) is 12. The molecule has 16 nitrogen and oxygen atoms in total. The highest BCUT2D eigenvalue weighted by molar-refractivity contribution is 7.89. The van der Waals surface area contributed by atoms with E-state index in [-0.39, 0.29) is 46.3 Å². The van der Waals surface area contributed by atoms with Crippen molar-refractivity contribution in [2.45, 2.75) is 60.6 Å². The summed E-state index contributed by atoms with van der Waals surface area (Å²) in [5.74, 6) is 1.37. The Morgan fingerprint density at radius 1 is 0.607 bits per heavy atom. The molecule has 1 saturated carbocycles. The number of sulfonamides is 2. The number of nitro benzene ring substituents is 2. The number of ether oxygens (including phenoxy) is 2. The third kappa shape index (κ3) is 10.9. The van der Waals surface area contributed by atoms with E-state index in [0.717, 1.165) is 61.1 Å². The molecule has 0 radical (unpaired) electrons. The Hall–Kier alpha value is -4.98. The van der Waals surface area contributed by atoms with Crippen LogP contribution in [0.2, 0.25) is 0 Å². The molecule has 56 heavy (non-hydrogen) atoms. The Kier molecular flexibility index (Phi) is 14.5. The molecule has 2 N–H and O–H groups in total. The molecule has 2 unspecified atom stereocenters. The zero-order chi connectivity index (χ0) is 40.3. The van der Waals surface area contributed by atoms with Crippen LogP contribution in [0.15, 0.2) is 107 Å². The van der Waals surface area contributed by atoms with Gasteiger partial charge in [-0.3, -0.25) is 30.0 Å². The minimum absolute atomic E-state index is 0.0409. The van der Waals surface area contributed by atoms with Gasteiger partial charge in [0.05, 0.1) is 33.9 Å². The van der Waals surface area contributed by atoms with Crippen molar-refractivity contribution in [2.75, 3.05) is 40.4 Å². The number of hydrogen-bond donors (Lipinski definition) is 2. The van der Waals surface area contributed by atoms with Gasteiger partial charge in [-0.05, 0) is 49.2 Å². The highest BCUT2D eigenvalue weighted by Gasteiger charge is 2.35. The molecule has 5 rings (SSSR count). The Balaban J connectivity index is 1.42. The SMILES string of the molecule is COc1ccccc1CN(CCNS(=O)(=O)c1ccc([N+](=O)[O-])cc1)C1CCCCC1N(CCNS(=O)(=O)c1ccc([N+](=O)[O-])cc1)Cc1ccccc1OC. The smallest absolute Gasteiger partial charge is 0.269 e. The van der Waals surface area contributed by atoms with E-state index in [0.29, 0.717) is 37.7 Å². The molecule has 4 aromatic rings. The summed E-state index contributed by atoms with van der Waals surface area (Å²) < 4.78 is 69.9. The quantitative estimate of drug-likeness (QED) is 0.0885. The first-order valence-corrected chi connectivity index (χ1v) is 21.0. The van der Waals surface area contributed by atoms with E-state index in [1.165, 1.54) is 24.3 Å². The third-order valence-electron chi connectivity index (χ3n) is 9.86. The summed E-state index contributed by atoms with van der Waals surface area (Å²) in [6.45, 7) is 1.55. The van der Waals surface area contributed by atoms with Crippen molar-refractivity contribution in [1.82, 2.24) is 19.2 Å². The van der Waals surface area contributed by atoms with Gasteiger partial charge in [0.1, 0.15) is 11.5 Å². The number of benzene rings is 4. The molecule has 2 atom stereocenters. The number of nitrogens with one attached hydrogen (secondary N) is 2. The summed E-state index contributed by atoms with van der Waals surface area (Å²) in [7, 11) is -4.80. The van der Waals surface area contributed by atoms with Gasteiger partial charge < -0.3 is 9.47 Å². The Bertz CT molecular complexity index is 2020. The van der Waals surface area contributed by atoms with Crippen molar-refractivity contribution in [1.29, 1.82) is 0 Å². The standard InChI is InChI=1S/C38H46N6O10S2/c1-53-37-13-7-3-9-29(37)27-41(25-23-39-55(49,50)33-19-15-31(16-20-33)43(45)46)35-11-5-6-12-36(35)42(28-30-10-4-8-14-38(30)54-2)26-24-40-56(51,52)34-21-17-32(18-22-34)44(47)48/h3-4,7-10,13-22,35-36,39-40H,5-6,11-12,23-28H2,1-2H3. The number of nitro groups is 2. The second-order valence-corrected chi connectivity index (χ2v) is 16.8. The molecule has 4 aromatic carbocycles. The van der Waals surface area contributed by atoms with Crippen LogP contribution in [-0.4, -0.2) is 89.0 Å². The summed E-state index contributed by atoms with van der Waals surface area (Å²) in [4.78, 5) is 25.3. The molecule has 1 aliphatic rings. The lowest BCUT2D eigenvalue weighted by Gasteiger charge is -2.45. The summed E-state index contributed by atoms with van der Waals surface area (Å²) >= 11 is 0. The summed E-state index contributed by atoms with van der Waals surface area (Å²) in [5.41, 5.74) is 1.38. The summed E-state index contributed by atoms with van der Waals surface area (Å²) in [6, 6.07) is 24.5. The van der Waals surface area contributed by atoms with Crippen LogP contribution in [-0.2, 0) is 33.1 Å². The monoisotopic (exact) mass is 810 g/mol. The first kappa shape index (κ1) is 42.2. The van der Waals surface area contributed by atoms with Crippen molar-refractivity contribution in [3.8, 4) is 11.5 Å². The Labute approximate surface area is 326 Å². The molecular formula is C38H46N6O10S2. The predicted octanol–water partition coefficient (Wildman–Crippen LogP) is 5.09. The first-order chi connectivity index (χ1) is 26.8. The largest absolute Gasteiger partial charge is 0.496 e. The van der Waals surface area contributed by atoms with Crippen LogP contribution in [0.5, 0.6) is 11.5 Å². The number of para-hydroxylation sites is 2. The lowest BCUT2D eigenvalue weighted by atomic mass is 9.87. The fourth-order valence-electron chi connectivity index (χ4n) is 7.08. The minimum atomic E-state index is -4.00. The lowest BCUT2D eigenvalue weighted by Crippen LogP contribution is -2.55. The van der Waals surface area contributed by atoms with Gasteiger partial charge in [0.2, 0.25) is 20.0 Å². The topological polar surface area (TPSA) is 204 Å². The Morgan fingerprint density at radius 2 is 0.964 bits per heavy atom. The van der Waals surface area contributed by atoms with Crippen LogP contribution in [0.4, 0.5) is 11.4 Å². The van der Waals surface area contributed by atoms with E-state index in [2.05, 4.69) is 19.2 Å². The third-order valence-corrected chi connectivity index (χ3v) is 12.8. The molecule has 0 heterocycles. The van der Waals surface area contributed by atoms with E-state index in [1.54, 1.807) is 14.2 Å². The van der Waals surface area contributed by atoms with Gasteiger partial charge in [-0.1, -0.05) is 49.2 Å². The second-order valence-electron chi connectivity index (χ2n) is 13.3. The zero-order valence-corrected chi connectivity index (χ0v) is 32.8.